The number of hydrogen-bond donors (Lipinski definition) is 2. The van der Waals surface area contributed by atoms with Crippen molar-refractivity contribution < 1.29 is 18.0 Å². The largest absolute Gasteiger partial charge is 0.326 e. The Morgan fingerprint density at radius 1 is 1.19 bits per heavy atom. The summed E-state index contributed by atoms with van der Waals surface area (Å²) in [6.45, 7) is 0.0517. The van der Waals surface area contributed by atoms with Crippen molar-refractivity contribution in [1.29, 1.82) is 5.26 Å². The molecule has 0 heterocycles. The minimum Gasteiger partial charge on any atom is -0.326 e. The van der Waals surface area contributed by atoms with Crippen molar-refractivity contribution in [3.63, 3.8) is 0 Å². The number of rotatable bonds is 9. The van der Waals surface area contributed by atoms with Crippen molar-refractivity contribution >= 4 is 51.0 Å². The number of sulfonamides is 1. The highest BCUT2D eigenvalue weighted by molar-refractivity contribution is 7.92. The minimum absolute atomic E-state index is 0.0517. The summed E-state index contributed by atoms with van der Waals surface area (Å²) in [5, 5.41) is 15.5. The first-order valence-corrected chi connectivity index (χ1v) is 11.2. The van der Waals surface area contributed by atoms with E-state index in [0.717, 1.165) is 10.6 Å². The fourth-order valence-corrected chi connectivity index (χ4v) is 3.62. The molecule has 0 bridgehead atoms. The summed E-state index contributed by atoms with van der Waals surface area (Å²) in [6, 6.07) is 14.8. The Morgan fingerprint density at radius 3 is 2.52 bits per heavy atom. The summed E-state index contributed by atoms with van der Waals surface area (Å²) in [5.41, 5.74) is 3.74. The maximum Gasteiger partial charge on any atom is 0.249 e. The molecule has 0 aliphatic carbocycles. The zero-order valence-electron chi connectivity index (χ0n) is 16.6. The van der Waals surface area contributed by atoms with Gasteiger partial charge in [0, 0.05) is 17.3 Å². The van der Waals surface area contributed by atoms with Crippen LogP contribution in [-0.4, -0.2) is 39.2 Å². The van der Waals surface area contributed by atoms with Crippen LogP contribution in [0.15, 0.2) is 53.6 Å². The summed E-state index contributed by atoms with van der Waals surface area (Å²) in [4.78, 5) is 23.7. The number of nitriles is 1. The van der Waals surface area contributed by atoms with Gasteiger partial charge in [0.05, 0.1) is 30.6 Å². The van der Waals surface area contributed by atoms with Crippen molar-refractivity contribution in [2.75, 3.05) is 22.4 Å². The van der Waals surface area contributed by atoms with Crippen LogP contribution in [0.2, 0.25) is 5.02 Å². The average Bonchev–Trinajstić information content (AvgIpc) is 2.68. The highest BCUT2D eigenvalue weighted by Gasteiger charge is 2.16. The van der Waals surface area contributed by atoms with Gasteiger partial charge in [-0.15, -0.1) is 0 Å². The first-order valence-electron chi connectivity index (χ1n) is 9.01. The molecule has 2 rings (SSSR count). The van der Waals surface area contributed by atoms with Crippen LogP contribution in [-0.2, 0) is 19.6 Å². The molecule has 0 fully saturated rings. The molecule has 2 N–H and O–H groups in total. The molecule has 2 amide bonds. The second-order valence-electron chi connectivity index (χ2n) is 6.36. The number of nitrogens with one attached hydrogen (secondary N) is 2. The second kappa shape index (κ2) is 11.1. The molecule has 2 aromatic carbocycles. The van der Waals surface area contributed by atoms with E-state index in [0.29, 0.717) is 22.0 Å². The molecule has 11 heteroatoms. The zero-order chi connectivity index (χ0) is 22.9. The van der Waals surface area contributed by atoms with Crippen LogP contribution in [0.25, 0.3) is 0 Å². The average molecular weight is 462 g/mol. The van der Waals surface area contributed by atoms with Crippen LogP contribution in [0.1, 0.15) is 18.4 Å². The van der Waals surface area contributed by atoms with Gasteiger partial charge in [-0.25, -0.2) is 13.8 Å². The number of amides is 2. The van der Waals surface area contributed by atoms with E-state index in [1.165, 1.54) is 6.21 Å². The van der Waals surface area contributed by atoms with E-state index in [2.05, 4.69) is 15.8 Å². The summed E-state index contributed by atoms with van der Waals surface area (Å²) in [6.07, 6.45) is 2.06. The lowest BCUT2D eigenvalue weighted by Gasteiger charge is -2.21. The highest BCUT2D eigenvalue weighted by atomic mass is 35.5. The molecule has 9 nitrogen and oxygen atoms in total. The third-order valence-corrected chi connectivity index (χ3v) is 5.27. The summed E-state index contributed by atoms with van der Waals surface area (Å²) in [7, 11) is -3.52. The van der Waals surface area contributed by atoms with Crippen LogP contribution in [0, 0.1) is 11.3 Å². The van der Waals surface area contributed by atoms with Crippen molar-refractivity contribution in [3.05, 3.63) is 59.1 Å². The molecule has 0 atom stereocenters. The normalized spacial score (nSPS) is 11.0. The number of hydrogen-bond acceptors (Lipinski definition) is 6. The maximum atomic E-state index is 11.9. The molecule has 0 saturated heterocycles. The first-order chi connectivity index (χ1) is 14.7. The number of carbonyl (C=O) groups excluding carboxylic acids is 2. The third-order valence-electron chi connectivity index (χ3n) is 3.84. The standard InChI is InChI=1S/C20H20ClN5O4S/c1-31(29,30)26(11-3-10-22)18-8-6-15(7-9-18)14-23-25-20(28)13-19(27)24-17-5-2-4-16(21)12-17/h2,4-9,12,14H,3,11,13H2,1H3,(H,24,27)(H,25,28)/b23-14+. The van der Waals surface area contributed by atoms with Crippen LogP contribution in [0.5, 0.6) is 0 Å². The molecule has 0 spiro atoms. The quantitative estimate of drug-likeness (QED) is 0.336. The van der Waals surface area contributed by atoms with Gasteiger partial charge in [0.15, 0.2) is 0 Å². The minimum atomic E-state index is -3.52. The molecule has 162 valence electrons. The molecule has 2 aromatic rings. The molecule has 0 radical (unpaired) electrons. The molecular formula is C20H20ClN5O4S. The van der Waals surface area contributed by atoms with Crippen LogP contribution in [0.4, 0.5) is 11.4 Å². The van der Waals surface area contributed by atoms with Crippen LogP contribution < -0.4 is 15.0 Å². The summed E-state index contributed by atoms with van der Waals surface area (Å²) >= 11 is 5.84. The molecule has 0 unspecified atom stereocenters. The van der Waals surface area contributed by atoms with E-state index in [9.17, 15) is 18.0 Å². The molecule has 0 aliphatic rings. The lowest BCUT2D eigenvalue weighted by molar-refractivity contribution is -0.126. The van der Waals surface area contributed by atoms with E-state index < -0.39 is 28.3 Å². The Balaban J connectivity index is 1.90. The van der Waals surface area contributed by atoms with E-state index in [1.54, 1.807) is 48.5 Å². The summed E-state index contributed by atoms with van der Waals surface area (Å²) < 4.78 is 24.9. The first kappa shape index (κ1) is 23.9. The van der Waals surface area contributed by atoms with E-state index in [1.807, 2.05) is 6.07 Å². The van der Waals surface area contributed by atoms with E-state index >= 15 is 0 Å². The topological polar surface area (TPSA) is 132 Å². The molecule has 0 aliphatic heterocycles. The second-order valence-corrected chi connectivity index (χ2v) is 8.71. The fraction of sp³-hybridized carbons (Fsp3) is 0.200. The summed E-state index contributed by atoms with van der Waals surface area (Å²) in [5.74, 6) is -1.12. The number of halogens is 1. The predicted octanol–water partition coefficient (Wildman–Crippen LogP) is 2.50. The van der Waals surface area contributed by atoms with Crippen LogP contribution in [0.3, 0.4) is 0 Å². The van der Waals surface area contributed by atoms with Gasteiger partial charge in [-0.3, -0.25) is 13.9 Å². The van der Waals surface area contributed by atoms with Crippen molar-refractivity contribution in [2.24, 2.45) is 5.10 Å². The lowest BCUT2D eigenvalue weighted by Crippen LogP contribution is -2.30. The van der Waals surface area contributed by atoms with Gasteiger partial charge in [-0.2, -0.15) is 10.4 Å². The van der Waals surface area contributed by atoms with Crippen molar-refractivity contribution in [2.45, 2.75) is 12.8 Å². The van der Waals surface area contributed by atoms with Gasteiger partial charge in [-0.05, 0) is 35.9 Å². The van der Waals surface area contributed by atoms with Crippen molar-refractivity contribution in [3.8, 4) is 6.07 Å². The number of benzene rings is 2. The molecular weight excluding hydrogens is 442 g/mol. The van der Waals surface area contributed by atoms with Gasteiger partial charge < -0.3 is 5.32 Å². The Hall–Kier alpha value is -3.42. The fourth-order valence-electron chi connectivity index (χ4n) is 2.50. The van der Waals surface area contributed by atoms with Gasteiger partial charge in [0.1, 0.15) is 6.42 Å². The zero-order valence-corrected chi connectivity index (χ0v) is 18.2. The Labute approximate surface area is 185 Å². The maximum absolute atomic E-state index is 11.9. The van der Waals surface area contributed by atoms with Gasteiger partial charge in [0.25, 0.3) is 0 Å². The number of carbonyl (C=O) groups is 2. The molecule has 0 aromatic heterocycles. The monoisotopic (exact) mass is 461 g/mol. The Morgan fingerprint density at radius 2 is 1.90 bits per heavy atom. The highest BCUT2D eigenvalue weighted by Crippen LogP contribution is 2.18. The number of anilines is 2. The van der Waals surface area contributed by atoms with Gasteiger partial charge >= 0.3 is 0 Å². The Kier molecular flexibility index (Phi) is 8.54. The smallest absolute Gasteiger partial charge is 0.249 e. The SMILES string of the molecule is CS(=O)(=O)N(CCC#N)c1ccc(/C=N/NC(=O)CC(=O)Nc2cccc(Cl)c2)cc1. The Bertz CT molecular complexity index is 1110. The third kappa shape index (κ3) is 8.08. The van der Waals surface area contributed by atoms with Crippen molar-refractivity contribution in [1.82, 2.24) is 5.43 Å². The van der Waals surface area contributed by atoms with Gasteiger partial charge in [0.2, 0.25) is 21.8 Å². The lowest BCUT2D eigenvalue weighted by atomic mass is 10.2. The molecule has 0 saturated carbocycles. The van der Waals surface area contributed by atoms with Crippen LogP contribution >= 0.6 is 11.6 Å². The van der Waals surface area contributed by atoms with Gasteiger partial charge in [-0.1, -0.05) is 29.8 Å². The number of nitrogens with zero attached hydrogens (tertiary/aromatic N) is 3. The van der Waals surface area contributed by atoms with E-state index in [4.69, 9.17) is 16.9 Å². The molecule has 31 heavy (non-hydrogen) atoms. The van der Waals surface area contributed by atoms with E-state index in [-0.39, 0.29) is 13.0 Å². The predicted molar refractivity (Wildman–Crippen MR) is 119 cm³/mol. The number of hydrazone groups is 1.